The van der Waals surface area contributed by atoms with Crippen LogP contribution in [0, 0.1) is 0 Å². The average Bonchev–Trinajstić information content (AvgIpc) is 3.09. The molecule has 4 rings (SSSR count). The maximum Gasteiger partial charge on any atom is 0.204 e. The van der Waals surface area contributed by atoms with Gasteiger partial charge in [0.25, 0.3) is 0 Å². The Balaban J connectivity index is 2.03. The highest BCUT2D eigenvalue weighted by molar-refractivity contribution is 7.18. The molecule has 0 atom stereocenters. The van der Waals surface area contributed by atoms with Gasteiger partial charge in [0.05, 0.1) is 5.52 Å². The van der Waals surface area contributed by atoms with Crippen molar-refractivity contribution in [3.63, 3.8) is 0 Å². The number of nitrogens with one attached hydrogen (secondary N) is 1. The molecule has 0 saturated heterocycles. The average molecular weight is 253 g/mol. The summed E-state index contributed by atoms with van der Waals surface area (Å²) in [5, 5.41) is 18.4. The Kier molecular flexibility index (Phi) is 1.92. The van der Waals surface area contributed by atoms with Crippen molar-refractivity contribution >= 4 is 32.3 Å². The lowest BCUT2D eigenvalue weighted by Crippen LogP contribution is -1.84. The van der Waals surface area contributed by atoms with E-state index in [0.29, 0.717) is 5.82 Å². The van der Waals surface area contributed by atoms with E-state index in [2.05, 4.69) is 43.1 Å². The minimum absolute atomic E-state index is 0.588. The largest absolute Gasteiger partial charge is 0.256 e. The zero-order chi connectivity index (χ0) is 11.9. The summed E-state index contributed by atoms with van der Waals surface area (Å²) in [6.45, 7) is 0. The van der Waals surface area contributed by atoms with Gasteiger partial charge in [0.1, 0.15) is 0 Å². The van der Waals surface area contributed by atoms with Gasteiger partial charge < -0.3 is 0 Å². The van der Waals surface area contributed by atoms with Gasteiger partial charge in [0, 0.05) is 27.2 Å². The molecule has 86 valence electrons. The van der Waals surface area contributed by atoms with E-state index < -0.39 is 0 Å². The molecular formula is C12H7N5S. The molecule has 0 saturated carbocycles. The number of aromatic nitrogens is 5. The van der Waals surface area contributed by atoms with Crippen LogP contribution in [-0.4, -0.2) is 25.6 Å². The quantitative estimate of drug-likeness (QED) is 0.566. The summed E-state index contributed by atoms with van der Waals surface area (Å²) in [5.74, 6) is 0.588. The van der Waals surface area contributed by atoms with E-state index in [-0.39, 0.29) is 0 Å². The molecule has 0 fully saturated rings. The molecule has 5 nitrogen and oxygen atoms in total. The van der Waals surface area contributed by atoms with Gasteiger partial charge in [-0.1, -0.05) is 12.1 Å². The van der Waals surface area contributed by atoms with E-state index in [9.17, 15) is 0 Å². The SMILES string of the molecule is c1cc2cnc3cc(-c4nn[nH]n4)ccc3c2s1. The molecule has 0 radical (unpaired) electrons. The van der Waals surface area contributed by atoms with Crippen LogP contribution in [-0.2, 0) is 0 Å². The standard InChI is InChI=1S/C12H7N5S/c1-2-9-10(5-7(1)12-14-16-17-15-12)13-6-8-3-4-18-11(8)9/h1-6H,(H,14,15,16,17). The summed E-state index contributed by atoms with van der Waals surface area (Å²) in [7, 11) is 0. The van der Waals surface area contributed by atoms with Crippen LogP contribution < -0.4 is 0 Å². The fourth-order valence-corrected chi connectivity index (χ4v) is 2.94. The third-order valence-corrected chi connectivity index (χ3v) is 3.85. The summed E-state index contributed by atoms with van der Waals surface area (Å²) in [6, 6.07) is 8.12. The molecule has 1 N–H and O–H groups in total. The zero-order valence-corrected chi connectivity index (χ0v) is 9.98. The Morgan fingerprint density at radius 1 is 1.17 bits per heavy atom. The Hall–Kier alpha value is -2.34. The van der Waals surface area contributed by atoms with E-state index in [1.165, 1.54) is 10.1 Å². The minimum atomic E-state index is 0.588. The molecule has 6 heteroatoms. The maximum absolute atomic E-state index is 4.47. The smallest absolute Gasteiger partial charge is 0.204 e. The molecule has 0 aliphatic heterocycles. The van der Waals surface area contributed by atoms with Crippen molar-refractivity contribution < 1.29 is 0 Å². The van der Waals surface area contributed by atoms with Crippen molar-refractivity contribution in [3.05, 3.63) is 35.8 Å². The molecule has 0 aliphatic carbocycles. The highest BCUT2D eigenvalue weighted by Gasteiger charge is 2.07. The summed E-state index contributed by atoms with van der Waals surface area (Å²) in [5.41, 5.74) is 1.87. The molecule has 0 bridgehead atoms. The number of hydrogen-bond acceptors (Lipinski definition) is 5. The number of fused-ring (bicyclic) bond motifs is 3. The third kappa shape index (κ3) is 1.32. The second-order valence-electron chi connectivity index (χ2n) is 3.93. The molecule has 3 heterocycles. The van der Waals surface area contributed by atoms with E-state index in [4.69, 9.17) is 0 Å². The Morgan fingerprint density at radius 3 is 3.06 bits per heavy atom. The normalized spacial score (nSPS) is 11.3. The second-order valence-corrected chi connectivity index (χ2v) is 4.85. The van der Waals surface area contributed by atoms with Crippen molar-refractivity contribution in [2.24, 2.45) is 0 Å². The lowest BCUT2D eigenvalue weighted by atomic mass is 10.1. The molecule has 4 aromatic rings. The predicted molar refractivity (Wildman–Crippen MR) is 70.3 cm³/mol. The van der Waals surface area contributed by atoms with Crippen LogP contribution in [0.2, 0.25) is 0 Å². The van der Waals surface area contributed by atoms with Gasteiger partial charge in [-0.3, -0.25) is 4.98 Å². The highest BCUT2D eigenvalue weighted by Crippen LogP contribution is 2.30. The molecule has 0 aliphatic rings. The van der Waals surface area contributed by atoms with Gasteiger partial charge in [-0.05, 0) is 22.7 Å². The number of aromatic amines is 1. The van der Waals surface area contributed by atoms with Gasteiger partial charge in [-0.25, -0.2) is 0 Å². The van der Waals surface area contributed by atoms with Crippen LogP contribution in [0.3, 0.4) is 0 Å². The number of rotatable bonds is 1. The third-order valence-electron chi connectivity index (χ3n) is 2.88. The number of tetrazole rings is 1. The number of benzene rings is 1. The number of hydrogen-bond donors (Lipinski definition) is 1. The zero-order valence-electron chi connectivity index (χ0n) is 9.16. The van der Waals surface area contributed by atoms with Gasteiger partial charge in [-0.2, -0.15) is 5.21 Å². The Labute approximate surface area is 105 Å². The molecule has 3 aromatic heterocycles. The summed E-state index contributed by atoms with van der Waals surface area (Å²) < 4.78 is 1.26. The van der Waals surface area contributed by atoms with Gasteiger partial charge in [-0.15, -0.1) is 21.5 Å². The topological polar surface area (TPSA) is 67.3 Å². The summed E-state index contributed by atoms with van der Waals surface area (Å²) >= 11 is 1.73. The molecule has 18 heavy (non-hydrogen) atoms. The van der Waals surface area contributed by atoms with Crippen LogP contribution in [0.15, 0.2) is 35.8 Å². The first-order valence-electron chi connectivity index (χ1n) is 5.41. The monoisotopic (exact) mass is 253 g/mol. The summed E-state index contributed by atoms with van der Waals surface area (Å²) in [6.07, 6.45) is 1.90. The van der Waals surface area contributed by atoms with Gasteiger partial charge >= 0.3 is 0 Å². The van der Waals surface area contributed by atoms with Gasteiger partial charge in [0.2, 0.25) is 5.82 Å². The van der Waals surface area contributed by atoms with Crippen molar-refractivity contribution in [2.75, 3.05) is 0 Å². The molecule has 0 amide bonds. The first-order chi connectivity index (χ1) is 8.92. The van der Waals surface area contributed by atoms with Crippen molar-refractivity contribution in [2.45, 2.75) is 0 Å². The molecule has 0 unspecified atom stereocenters. The van der Waals surface area contributed by atoms with Crippen LogP contribution in [0.25, 0.3) is 32.4 Å². The van der Waals surface area contributed by atoms with Crippen LogP contribution in [0.5, 0.6) is 0 Å². The fourth-order valence-electron chi connectivity index (χ4n) is 2.03. The predicted octanol–water partition coefficient (Wildman–Crippen LogP) is 2.63. The van der Waals surface area contributed by atoms with E-state index >= 15 is 0 Å². The Bertz CT molecular complexity index is 834. The number of nitrogens with zero attached hydrogens (tertiary/aromatic N) is 4. The minimum Gasteiger partial charge on any atom is -0.256 e. The van der Waals surface area contributed by atoms with Gasteiger partial charge in [0.15, 0.2) is 0 Å². The molecule has 0 spiro atoms. The van der Waals surface area contributed by atoms with Crippen molar-refractivity contribution in [1.82, 2.24) is 25.6 Å². The van der Waals surface area contributed by atoms with Crippen LogP contribution >= 0.6 is 11.3 Å². The number of pyridine rings is 1. The second kappa shape index (κ2) is 3.58. The summed E-state index contributed by atoms with van der Waals surface area (Å²) in [4.78, 5) is 4.47. The van der Waals surface area contributed by atoms with Crippen LogP contribution in [0.4, 0.5) is 0 Å². The van der Waals surface area contributed by atoms with E-state index in [1.807, 2.05) is 18.3 Å². The lowest BCUT2D eigenvalue weighted by molar-refractivity contribution is 0.881. The lowest BCUT2D eigenvalue weighted by Gasteiger charge is -2.00. The van der Waals surface area contributed by atoms with Crippen molar-refractivity contribution in [1.29, 1.82) is 0 Å². The molecule has 1 aromatic carbocycles. The first-order valence-corrected chi connectivity index (χ1v) is 6.29. The van der Waals surface area contributed by atoms with E-state index in [1.54, 1.807) is 11.3 Å². The highest BCUT2D eigenvalue weighted by atomic mass is 32.1. The van der Waals surface area contributed by atoms with Crippen LogP contribution in [0.1, 0.15) is 0 Å². The van der Waals surface area contributed by atoms with E-state index in [0.717, 1.165) is 16.5 Å². The maximum atomic E-state index is 4.47. The fraction of sp³-hybridized carbons (Fsp3) is 0. The molecular weight excluding hydrogens is 246 g/mol. The Morgan fingerprint density at radius 2 is 2.17 bits per heavy atom. The number of H-pyrrole nitrogens is 1. The number of thiophene rings is 1. The van der Waals surface area contributed by atoms with Crippen molar-refractivity contribution in [3.8, 4) is 11.4 Å². The first kappa shape index (κ1) is 9.67.